The van der Waals surface area contributed by atoms with Crippen LogP contribution in [0.1, 0.15) is 32.4 Å². The normalized spacial score (nSPS) is 15.7. The number of carbonyl (C=O) groups is 1. The molecule has 29 heavy (non-hydrogen) atoms. The van der Waals surface area contributed by atoms with E-state index in [4.69, 9.17) is 32.7 Å². The Hall–Kier alpha value is -2.21. The first-order valence-corrected chi connectivity index (χ1v) is 10.7. The van der Waals surface area contributed by atoms with Crippen molar-refractivity contribution in [2.24, 2.45) is 0 Å². The lowest BCUT2D eigenvalue weighted by atomic mass is 9.90. The molecule has 150 valence electrons. The Balaban J connectivity index is 1.84. The van der Waals surface area contributed by atoms with Crippen molar-refractivity contribution in [1.29, 1.82) is 0 Å². The van der Waals surface area contributed by atoms with Gasteiger partial charge in [0.2, 0.25) is 0 Å². The zero-order valence-corrected chi connectivity index (χ0v) is 18.3. The number of ether oxygens (including phenoxy) is 2. The quantitative estimate of drug-likeness (QED) is 0.502. The van der Waals surface area contributed by atoms with Crippen LogP contribution in [0.15, 0.2) is 47.8 Å². The molecule has 1 unspecified atom stereocenters. The molecule has 1 aliphatic heterocycles. The second-order valence-electron chi connectivity index (χ2n) is 6.67. The molecule has 0 saturated carbocycles. The lowest BCUT2D eigenvalue weighted by molar-refractivity contribution is 0.0697. The maximum absolute atomic E-state index is 13.5. The van der Waals surface area contributed by atoms with E-state index in [1.54, 1.807) is 43.8 Å². The molecule has 0 spiro atoms. The summed E-state index contributed by atoms with van der Waals surface area (Å²) < 4.78 is 11.0. The number of rotatable bonds is 4. The smallest absolute Gasteiger partial charge is 0.256 e. The predicted octanol–water partition coefficient (Wildman–Crippen LogP) is 5.86. The Morgan fingerprint density at radius 2 is 1.86 bits per heavy atom. The first-order valence-electron chi connectivity index (χ1n) is 9.08. The fourth-order valence-corrected chi connectivity index (χ4v) is 4.98. The van der Waals surface area contributed by atoms with Crippen LogP contribution in [-0.2, 0) is 6.42 Å². The fourth-order valence-electron chi connectivity index (χ4n) is 3.74. The zero-order chi connectivity index (χ0) is 20.5. The van der Waals surface area contributed by atoms with E-state index in [0.717, 1.165) is 16.0 Å². The van der Waals surface area contributed by atoms with Crippen LogP contribution in [0.3, 0.4) is 0 Å². The number of nitrogens with zero attached hydrogens (tertiary/aromatic N) is 1. The van der Waals surface area contributed by atoms with Crippen LogP contribution in [-0.4, -0.2) is 31.6 Å². The third-order valence-corrected chi connectivity index (χ3v) is 6.87. The second-order valence-corrected chi connectivity index (χ2v) is 8.44. The van der Waals surface area contributed by atoms with Gasteiger partial charge in [-0.15, -0.1) is 11.3 Å². The number of benzene rings is 2. The summed E-state index contributed by atoms with van der Waals surface area (Å²) in [5.74, 6) is 1.19. The number of thiophene rings is 1. The van der Waals surface area contributed by atoms with E-state index in [0.29, 0.717) is 35.1 Å². The molecule has 4 rings (SSSR count). The number of carbonyl (C=O) groups excluding carboxylic acids is 1. The summed E-state index contributed by atoms with van der Waals surface area (Å²) in [4.78, 5) is 16.4. The lowest BCUT2D eigenvalue weighted by Gasteiger charge is -2.37. The highest BCUT2D eigenvalue weighted by atomic mass is 35.5. The molecule has 0 aliphatic carbocycles. The van der Waals surface area contributed by atoms with Crippen molar-refractivity contribution < 1.29 is 14.3 Å². The highest BCUT2D eigenvalue weighted by Crippen LogP contribution is 2.43. The summed E-state index contributed by atoms with van der Waals surface area (Å²) >= 11 is 14.1. The van der Waals surface area contributed by atoms with E-state index >= 15 is 0 Å². The maximum Gasteiger partial charge on any atom is 0.256 e. The van der Waals surface area contributed by atoms with E-state index in [-0.39, 0.29) is 17.0 Å². The van der Waals surface area contributed by atoms with E-state index in [1.165, 1.54) is 0 Å². The van der Waals surface area contributed by atoms with Gasteiger partial charge in [-0.05, 0) is 53.3 Å². The highest BCUT2D eigenvalue weighted by molar-refractivity contribution is 7.10. The second kappa shape index (κ2) is 8.27. The van der Waals surface area contributed by atoms with Gasteiger partial charge in [-0.2, -0.15) is 0 Å². The molecule has 0 radical (unpaired) electrons. The van der Waals surface area contributed by atoms with Crippen molar-refractivity contribution in [3.05, 3.63) is 79.5 Å². The van der Waals surface area contributed by atoms with Crippen molar-refractivity contribution in [2.75, 3.05) is 20.8 Å². The molecule has 3 aromatic rings. The Bertz CT molecular complexity index is 1050. The van der Waals surface area contributed by atoms with E-state index in [2.05, 4.69) is 0 Å². The van der Waals surface area contributed by atoms with Crippen LogP contribution in [0.4, 0.5) is 0 Å². The SMILES string of the molecule is COc1cc2c(cc1OC)C(c1cccs1)N(C(=O)c1cccc(Cl)c1Cl)CC2. The van der Waals surface area contributed by atoms with Gasteiger partial charge in [-0.1, -0.05) is 35.3 Å². The number of hydrogen-bond acceptors (Lipinski definition) is 4. The van der Waals surface area contributed by atoms with Gasteiger partial charge in [-0.25, -0.2) is 0 Å². The third-order valence-electron chi connectivity index (χ3n) is 5.13. The van der Waals surface area contributed by atoms with Crippen molar-refractivity contribution in [1.82, 2.24) is 4.90 Å². The summed E-state index contributed by atoms with van der Waals surface area (Å²) in [5, 5.41) is 2.66. The molecule has 0 bridgehead atoms. The van der Waals surface area contributed by atoms with Crippen molar-refractivity contribution in [2.45, 2.75) is 12.5 Å². The molecule has 1 aromatic heterocycles. The first kappa shape index (κ1) is 20.1. The van der Waals surface area contributed by atoms with Crippen LogP contribution in [0, 0.1) is 0 Å². The number of methoxy groups -OCH3 is 2. The average molecular weight is 448 g/mol. The number of amides is 1. The molecular weight excluding hydrogens is 429 g/mol. The third kappa shape index (κ3) is 3.59. The van der Waals surface area contributed by atoms with Gasteiger partial charge < -0.3 is 14.4 Å². The topological polar surface area (TPSA) is 38.8 Å². The van der Waals surface area contributed by atoms with Gasteiger partial charge in [0, 0.05) is 11.4 Å². The molecule has 1 aliphatic rings. The molecule has 7 heteroatoms. The molecule has 1 atom stereocenters. The Kier molecular flexibility index (Phi) is 5.72. The summed E-state index contributed by atoms with van der Waals surface area (Å²) in [6.07, 6.45) is 0.710. The molecular formula is C22H19Cl2NO3S. The van der Waals surface area contributed by atoms with Crippen LogP contribution in [0.25, 0.3) is 0 Å². The monoisotopic (exact) mass is 447 g/mol. The molecule has 1 amide bonds. The van der Waals surface area contributed by atoms with Gasteiger partial charge in [0.1, 0.15) is 0 Å². The van der Waals surface area contributed by atoms with Gasteiger partial charge in [0.15, 0.2) is 11.5 Å². The number of halogens is 2. The minimum atomic E-state index is -0.235. The standard InChI is InChI=1S/C22H19Cl2NO3S/c1-27-17-11-13-8-9-25(22(26)14-5-3-6-16(23)20(14)24)21(19-7-4-10-29-19)15(13)12-18(17)28-2/h3-7,10-12,21H,8-9H2,1-2H3. The van der Waals surface area contributed by atoms with Gasteiger partial charge in [-0.3, -0.25) is 4.79 Å². The average Bonchev–Trinajstić information content (AvgIpc) is 3.27. The minimum absolute atomic E-state index is 0.142. The predicted molar refractivity (Wildman–Crippen MR) is 117 cm³/mol. The summed E-state index contributed by atoms with van der Waals surface area (Å²) in [6.45, 7) is 0.562. The first-order chi connectivity index (χ1) is 14.0. The molecule has 2 aromatic carbocycles. The van der Waals surface area contributed by atoms with Crippen molar-refractivity contribution in [3.63, 3.8) is 0 Å². The van der Waals surface area contributed by atoms with Gasteiger partial charge in [0.25, 0.3) is 5.91 Å². The number of fused-ring (bicyclic) bond motifs is 1. The highest BCUT2D eigenvalue weighted by Gasteiger charge is 2.35. The summed E-state index contributed by atoms with van der Waals surface area (Å²) in [6, 6.07) is 12.9. The minimum Gasteiger partial charge on any atom is -0.493 e. The van der Waals surface area contributed by atoms with Crippen LogP contribution < -0.4 is 9.47 Å². The Labute approximate surface area is 183 Å². The molecule has 0 N–H and O–H groups in total. The van der Waals surface area contributed by atoms with Crippen LogP contribution in [0.2, 0.25) is 10.0 Å². The van der Waals surface area contributed by atoms with Crippen LogP contribution in [0.5, 0.6) is 11.5 Å². The van der Waals surface area contributed by atoms with Crippen molar-refractivity contribution in [3.8, 4) is 11.5 Å². The van der Waals surface area contributed by atoms with Gasteiger partial charge >= 0.3 is 0 Å². The zero-order valence-electron chi connectivity index (χ0n) is 15.9. The lowest BCUT2D eigenvalue weighted by Crippen LogP contribution is -2.40. The maximum atomic E-state index is 13.5. The fraction of sp³-hybridized carbons (Fsp3) is 0.227. The summed E-state index contributed by atoms with van der Waals surface area (Å²) in [7, 11) is 3.24. The largest absolute Gasteiger partial charge is 0.493 e. The molecule has 0 fully saturated rings. The molecule has 4 nitrogen and oxygen atoms in total. The van der Waals surface area contributed by atoms with Crippen LogP contribution >= 0.6 is 34.5 Å². The van der Waals surface area contributed by atoms with E-state index in [9.17, 15) is 4.79 Å². The van der Waals surface area contributed by atoms with E-state index in [1.807, 2.05) is 34.5 Å². The Morgan fingerprint density at radius 3 is 2.55 bits per heavy atom. The van der Waals surface area contributed by atoms with Crippen molar-refractivity contribution >= 4 is 40.4 Å². The molecule has 2 heterocycles. The van der Waals surface area contributed by atoms with E-state index < -0.39 is 0 Å². The van der Waals surface area contributed by atoms with Gasteiger partial charge in [0.05, 0.1) is 35.9 Å². The molecule has 0 saturated heterocycles. The Morgan fingerprint density at radius 1 is 1.10 bits per heavy atom. The summed E-state index contributed by atoms with van der Waals surface area (Å²) in [5.41, 5.74) is 2.58. The number of hydrogen-bond donors (Lipinski definition) is 0.